The Morgan fingerprint density at radius 1 is 1.43 bits per heavy atom. The summed E-state index contributed by atoms with van der Waals surface area (Å²) in [6, 6.07) is 3.80. The number of aryl methyl sites for hydroxylation is 1. The van der Waals surface area contributed by atoms with E-state index in [1.807, 2.05) is 0 Å². The predicted octanol–water partition coefficient (Wildman–Crippen LogP) is 2.33. The quantitative estimate of drug-likeness (QED) is 0.486. The number of aromatic nitrogens is 2. The number of aromatic amines is 1. The van der Waals surface area contributed by atoms with Crippen molar-refractivity contribution in [1.29, 1.82) is 0 Å². The number of benzene rings is 1. The summed E-state index contributed by atoms with van der Waals surface area (Å²) in [6.07, 6.45) is 4.82. The first kappa shape index (κ1) is 15.0. The SMILES string of the molecule is O=C(NCCCc1ncc[nH]1)c1cc(Cl)cc([N+](=O)[O-])c1. The van der Waals surface area contributed by atoms with Gasteiger partial charge in [0, 0.05) is 48.1 Å². The lowest BCUT2D eigenvalue weighted by molar-refractivity contribution is -0.384. The standard InChI is InChI=1S/C13H13ClN4O3/c14-10-6-9(7-11(8-10)18(20)21)13(19)17-3-1-2-12-15-4-5-16-12/h4-8H,1-3H2,(H,15,16)(H,17,19). The molecule has 2 rings (SSSR count). The first-order valence-corrected chi connectivity index (χ1v) is 6.65. The molecule has 0 fully saturated rings. The fourth-order valence-corrected chi connectivity index (χ4v) is 2.03. The maximum absolute atomic E-state index is 11.9. The molecule has 21 heavy (non-hydrogen) atoms. The molecule has 1 amide bonds. The summed E-state index contributed by atoms with van der Waals surface area (Å²) in [5.74, 6) is 0.461. The number of halogens is 1. The van der Waals surface area contributed by atoms with Crippen LogP contribution in [0.4, 0.5) is 5.69 Å². The fourth-order valence-electron chi connectivity index (χ4n) is 1.81. The first-order chi connectivity index (χ1) is 10.1. The number of hydrogen-bond donors (Lipinski definition) is 2. The van der Waals surface area contributed by atoms with Crippen LogP contribution < -0.4 is 5.32 Å². The molecule has 0 aliphatic heterocycles. The van der Waals surface area contributed by atoms with Gasteiger partial charge in [0.2, 0.25) is 0 Å². The second kappa shape index (κ2) is 6.85. The molecular weight excluding hydrogens is 296 g/mol. The second-order valence-electron chi connectivity index (χ2n) is 4.35. The normalized spacial score (nSPS) is 10.3. The molecule has 8 heteroatoms. The number of nitro benzene ring substituents is 1. The van der Waals surface area contributed by atoms with E-state index in [1.54, 1.807) is 12.4 Å². The van der Waals surface area contributed by atoms with Gasteiger partial charge < -0.3 is 10.3 Å². The lowest BCUT2D eigenvalue weighted by Crippen LogP contribution is -2.24. The van der Waals surface area contributed by atoms with E-state index >= 15 is 0 Å². The van der Waals surface area contributed by atoms with Gasteiger partial charge in [-0.3, -0.25) is 14.9 Å². The van der Waals surface area contributed by atoms with Gasteiger partial charge in [-0.05, 0) is 12.5 Å². The highest BCUT2D eigenvalue weighted by Crippen LogP contribution is 2.20. The Bertz CT molecular complexity index is 643. The third kappa shape index (κ3) is 4.28. The van der Waals surface area contributed by atoms with Gasteiger partial charge in [-0.15, -0.1) is 0 Å². The molecule has 2 N–H and O–H groups in total. The monoisotopic (exact) mass is 308 g/mol. The minimum atomic E-state index is -0.584. The number of imidazole rings is 1. The smallest absolute Gasteiger partial charge is 0.271 e. The number of amides is 1. The molecule has 0 aliphatic rings. The molecule has 1 heterocycles. The average molecular weight is 309 g/mol. The van der Waals surface area contributed by atoms with Gasteiger partial charge in [0.05, 0.1) is 4.92 Å². The van der Waals surface area contributed by atoms with Crippen molar-refractivity contribution in [2.24, 2.45) is 0 Å². The van der Waals surface area contributed by atoms with E-state index in [0.717, 1.165) is 5.82 Å². The van der Waals surface area contributed by atoms with Crippen LogP contribution in [0.3, 0.4) is 0 Å². The number of nitro groups is 1. The Kier molecular flexibility index (Phi) is 4.89. The van der Waals surface area contributed by atoms with Gasteiger partial charge in [-0.2, -0.15) is 0 Å². The summed E-state index contributed by atoms with van der Waals surface area (Å²) < 4.78 is 0. The van der Waals surface area contributed by atoms with Crippen LogP contribution in [0.2, 0.25) is 5.02 Å². The number of hydrogen-bond acceptors (Lipinski definition) is 4. The minimum absolute atomic E-state index is 0.157. The van der Waals surface area contributed by atoms with Crippen LogP contribution in [-0.4, -0.2) is 27.3 Å². The van der Waals surface area contributed by atoms with Crippen molar-refractivity contribution in [2.75, 3.05) is 6.54 Å². The van der Waals surface area contributed by atoms with Crippen molar-refractivity contribution < 1.29 is 9.72 Å². The Labute approximate surface area is 125 Å². The van der Waals surface area contributed by atoms with Crippen LogP contribution in [-0.2, 0) is 6.42 Å². The summed E-state index contributed by atoms with van der Waals surface area (Å²) in [6.45, 7) is 0.444. The zero-order valence-electron chi connectivity index (χ0n) is 11.0. The van der Waals surface area contributed by atoms with Gasteiger partial charge in [-0.1, -0.05) is 11.6 Å². The van der Waals surface area contributed by atoms with Crippen molar-refractivity contribution in [3.05, 3.63) is 57.1 Å². The summed E-state index contributed by atoms with van der Waals surface area (Å²) in [5, 5.41) is 13.6. The highest BCUT2D eigenvalue weighted by molar-refractivity contribution is 6.31. The van der Waals surface area contributed by atoms with Crippen LogP contribution in [0.15, 0.2) is 30.6 Å². The topological polar surface area (TPSA) is 101 Å². The zero-order valence-corrected chi connectivity index (χ0v) is 11.8. The van der Waals surface area contributed by atoms with Crippen LogP contribution in [0.1, 0.15) is 22.6 Å². The van der Waals surface area contributed by atoms with Crippen LogP contribution in [0.5, 0.6) is 0 Å². The van der Waals surface area contributed by atoms with Crippen molar-refractivity contribution in [3.8, 4) is 0 Å². The Balaban J connectivity index is 1.89. The van der Waals surface area contributed by atoms with E-state index in [9.17, 15) is 14.9 Å². The van der Waals surface area contributed by atoms with E-state index in [2.05, 4.69) is 15.3 Å². The highest BCUT2D eigenvalue weighted by Gasteiger charge is 2.13. The number of carbonyl (C=O) groups is 1. The van der Waals surface area contributed by atoms with Gasteiger partial charge in [0.15, 0.2) is 0 Å². The summed E-state index contributed by atoms with van der Waals surface area (Å²) >= 11 is 5.77. The van der Waals surface area contributed by atoms with Crippen LogP contribution in [0, 0.1) is 10.1 Å². The van der Waals surface area contributed by atoms with E-state index in [0.29, 0.717) is 19.4 Å². The third-order valence-electron chi connectivity index (χ3n) is 2.79. The highest BCUT2D eigenvalue weighted by atomic mass is 35.5. The van der Waals surface area contributed by atoms with Crippen molar-refractivity contribution in [3.63, 3.8) is 0 Å². The van der Waals surface area contributed by atoms with E-state index in [4.69, 9.17) is 11.6 Å². The molecule has 0 unspecified atom stereocenters. The summed E-state index contributed by atoms with van der Waals surface area (Å²) in [7, 11) is 0. The van der Waals surface area contributed by atoms with E-state index in [1.165, 1.54) is 18.2 Å². The number of carbonyl (C=O) groups excluding carboxylic acids is 1. The van der Waals surface area contributed by atoms with E-state index in [-0.39, 0.29) is 22.2 Å². The average Bonchev–Trinajstić information content (AvgIpc) is 2.95. The second-order valence-corrected chi connectivity index (χ2v) is 4.79. The molecule has 2 aromatic rings. The van der Waals surface area contributed by atoms with Gasteiger partial charge in [-0.25, -0.2) is 4.98 Å². The van der Waals surface area contributed by atoms with Gasteiger partial charge in [0.1, 0.15) is 5.82 Å². The molecule has 0 atom stereocenters. The van der Waals surface area contributed by atoms with Crippen molar-refractivity contribution in [2.45, 2.75) is 12.8 Å². The molecular formula is C13H13ClN4O3. The maximum atomic E-state index is 11.9. The largest absolute Gasteiger partial charge is 0.352 e. The molecule has 0 radical (unpaired) electrons. The first-order valence-electron chi connectivity index (χ1n) is 6.27. The summed E-state index contributed by atoms with van der Waals surface area (Å²) in [4.78, 5) is 29.1. The molecule has 1 aromatic heterocycles. The number of H-pyrrole nitrogens is 1. The number of nitrogens with zero attached hydrogens (tertiary/aromatic N) is 2. The number of rotatable bonds is 6. The molecule has 7 nitrogen and oxygen atoms in total. The summed E-state index contributed by atoms with van der Waals surface area (Å²) in [5.41, 5.74) is -0.0320. The molecule has 1 aromatic carbocycles. The molecule has 0 bridgehead atoms. The molecule has 0 aliphatic carbocycles. The number of non-ortho nitro benzene ring substituents is 1. The maximum Gasteiger partial charge on any atom is 0.271 e. The van der Waals surface area contributed by atoms with Crippen LogP contribution in [0.25, 0.3) is 0 Å². The van der Waals surface area contributed by atoms with Crippen molar-refractivity contribution in [1.82, 2.24) is 15.3 Å². The Morgan fingerprint density at radius 3 is 2.90 bits per heavy atom. The lowest BCUT2D eigenvalue weighted by Gasteiger charge is -2.05. The van der Waals surface area contributed by atoms with E-state index < -0.39 is 4.92 Å². The predicted molar refractivity (Wildman–Crippen MR) is 77.3 cm³/mol. The van der Waals surface area contributed by atoms with Crippen LogP contribution >= 0.6 is 11.6 Å². The van der Waals surface area contributed by atoms with Gasteiger partial charge in [0.25, 0.3) is 11.6 Å². The molecule has 0 saturated carbocycles. The number of nitrogens with one attached hydrogen (secondary N) is 2. The minimum Gasteiger partial charge on any atom is -0.352 e. The lowest BCUT2D eigenvalue weighted by atomic mass is 10.2. The Morgan fingerprint density at radius 2 is 2.24 bits per heavy atom. The van der Waals surface area contributed by atoms with Crippen molar-refractivity contribution >= 4 is 23.2 Å². The third-order valence-corrected chi connectivity index (χ3v) is 3.00. The molecule has 110 valence electrons. The molecule has 0 saturated heterocycles. The zero-order chi connectivity index (χ0) is 15.2. The van der Waals surface area contributed by atoms with Gasteiger partial charge >= 0.3 is 0 Å². The fraction of sp³-hybridized carbons (Fsp3) is 0.231. The molecule has 0 spiro atoms. The Hall–Kier alpha value is -2.41.